The summed E-state index contributed by atoms with van der Waals surface area (Å²) in [5.41, 5.74) is 0. The van der Waals surface area contributed by atoms with Gasteiger partial charge in [-0.05, 0) is 6.42 Å². The van der Waals surface area contributed by atoms with Gasteiger partial charge in [0, 0.05) is 6.42 Å². The summed E-state index contributed by atoms with van der Waals surface area (Å²) in [6.07, 6.45) is 5.88. The number of carbonyl (C=O) groups is 1. The fraction of sp³-hybridized carbons (Fsp3) is 0.875. The lowest BCUT2D eigenvalue weighted by atomic mass is 10.1. The minimum absolute atomic E-state index is 0.337. The van der Waals surface area contributed by atoms with Crippen LogP contribution >= 0.6 is 0 Å². The summed E-state index contributed by atoms with van der Waals surface area (Å²) in [5.74, 6) is -0.670. The van der Waals surface area contributed by atoms with Gasteiger partial charge in [0.1, 0.15) is 0 Å². The minimum atomic E-state index is -1.50. The maximum Gasteiger partial charge on any atom is 0.303 e. The summed E-state index contributed by atoms with van der Waals surface area (Å²) in [7, 11) is 0. The highest BCUT2D eigenvalue weighted by molar-refractivity contribution is 5.66. The number of hydrogen-bond acceptors (Lipinski definition) is 3. The first-order valence-corrected chi connectivity index (χ1v) is 4.55. The highest BCUT2D eigenvalue weighted by Crippen LogP contribution is 2.04. The Morgan fingerprint density at radius 2 is 1.71 bits per heavy atom. The van der Waals surface area contributed by atoms with Gasteiger partial charge in [-0.2, -0.15) is 0 Å². The zero-order valence-corrected chi connectivity index (χ0v) is 8.31. The Kier molecular flexibility index (Phi) is 12.6. The van der Waals surface area contributed by atoms with Crippen LogP contribution in [0.4, 0.5) is 0 Å². The fourth-order valence-corrected chi connectivity index (χ4v) is 0.880. The quantitative estimate of drug-likeness (QED) is 0.394. The molecule has 0 saturated heterocycles. The molecule has 0 aliphatic heterocycles. The standard InChI is InChI=1S/C8H16O2.HNO3/c1-2-3-4-5-6-7-8(9)10;2-1(3)4/h2-7H2,1H3,(H,9,10);(H,2,3,4). The van der Waals surface area contributed by atoms with Gasteiger partial charge in [-0.25, -0.2) is 0 Å². The molecule has 0 saturated carbocycles. The van der Waals surface area contributed by atoms with Crippen LogP contribution in [0.3, 0.4) is 0 Å². The van der Waals surface area contributed by atoms with Crippen LogP contribution < -0.4 is 0 Å². The number of carboxylic acid groups (broad SMARTS) is 1. The second-order valence-electron chi connectivity index (χ2n) is 2.80. The number of rotatable bonds is 6. The second-order valence-corrected chi connectivity index (χ2v) is 2.80. The zero-order valence-electron chi connectivity index (χ0n) is 8.31. The number of aliphatic carboxylic acids is 1. The zero-order chi connectivity index (χ0) is 11.4. The maximum absolute atomic E-state index is 10.0. The van der Waals surface area contributed by atoms with E-state index >= 15 is 0 Å². The topological polar surface area (TPSA) is 101 Å². The Bertz CT molecular complexity index is 156. The lowest BCUT2D eigenvalue weighted by molar-refractivity contribution is -0.742. The molecule has 0 aliphatic rings. The first-order valence-electron chi connectivity index (χ1n) is 4.55. The predicted octanol–water partition coefficient (Wildman–Crippen LogP) is 2.08. The van der Waals surface area contributed by atoms with Gasteiger partial charge in [0.2, 0.25) is 0 Å². The van der Waals surface area contributed by atoms with Crippen LogP contribution in [-0.2, 0) is 4.79 Å². The van der Waals surface area contributed by atoms with E-state index in [9.17, 15) is 4.79 Å². The van der Waals surface area contributed by atoms with Crippen LogP contribution in [0.5, 0.6) is 0 Å². The average molecular weight is 207 g/mol. The molecule has 0 unspecified atom stereocenters. The summed E-state index contributed by atoms with van der Waals surface area (Å²) >= 11 is 0. The van der Waals surface area contributed by atoms with Crippen LogP contribution in [-0.4, -0.2) is 21.4 Å². The Labute approximate surface area is 82.7 Å². The molecule has 0 spiro atoms. The van der Waals surface area contributed by atoms with Crippen molar-refractivity contribution in [3.05, 3.63) is 10.1 Å². The molecule has 0 rings (SSSR count). The van der Waals surface area contributed by atoms with E-state index in [1.54, 1.807) is 0 Å². The van der Waals surface area contributed by atoms with Gasteiger partial charge in [-0.1, -0.05) is 32.6 Å². The first-order chi connectivity index (χ1) is 6.50. The van der Waals surface area contributed by atoms with E-state index in [1.165, 1.54) is 19.3 Å². The molecule has 0 atom stereocenters. The number of hydrogen-bond donors (Lipinski definition) is 2. The van der Waals surface area contributed by atoms with Gasteiger partial charge in [0.25, 0.3) is 5.09 Å². The molecule has 6 nitrogen and oxygen atoms in total. The summed E-state index contributed by atoms with van der Waals surface area (Å²) in [5, 5.41) is 21.9. The maximum atomic E-state index is 10.0. The third kappa shape index (κ3) is 31.0. The highest BCUT2D eigenvalue weighted by Gasteiger charge is 1.94. The molecule has 0 bridgehead atoms. The number of carboxylic acids is 1. The van der Waals surface area contributed by atoms with Crippen molar-refractivity contribution in [2.24, 2.45) is 0 Å². The van der Waals surface area contributed by atoms with E-state index in [1.807, 2.05) is 0 Å². The Balaban J connectivity index is 0. The third-order valence-electron chi connectivity index (χ3n) is 1.49. The monoisotopic (exact) mass is 207 g/mol. The van der Waals surface area contributed by atoms with Crippen molar-refractivity contribution in [3.63, 3.8) is 0 Å². The molecule has 0 fully saturated rings. The van der Waals surface area contributed by atoms with Crippen LogP contribution in [0.25, 0.3) is 0 Å². The van der Waals surface area contributed by atoms with Crippen molar-refractivity contribution >= 4 is 5.97 Å². The van der Waals surface area contributed by atoms with E-state index in [2.05, 4.69) is 6.92 Å². The predicted molar refractivity (Wildman–Crippen MR) is 49.8 cm³/mol. The lowest BCUT2D eigenvalue weighted by Gasteiger charge is -1.95. The van der Waals surface area contributed by atoms with Gasteiger partial charge >= 0.3 is 5.97 Å². The molecule has 0 aromatic carbocycles. The van der Waals surface area contributed by atoms with Crippen molar-refractivity contribution < 1.29 is 20.2 Å². The molecule has 0 aromatic heterocycles. The van der Waals surface area contributed by atoms with Crippen LogP contribution in [0, 0.1) is 10.1 Å². The molecule has 2 N–H and O–H groups in total. The summed E-state index contributed by atoms with van der Waals surface area (Å²) in [6, 6.07) is 0. The highest BCUT2D eigenvalue weighted by atomic mass is 16.9. The SMILES string of the molecule is CCCCCCCC(=O)O.O=[N+]([O-])O. The van der Waals surface area contributed by atoms with Gasteiger partial charge in [-0.15, -0.1) is 10.1 Å². The molecular formula is C8H17NO5. The van der Waals surface area contributed by atoms with E-state index in [4.69, 9.17) is 20.4 Å². The van der Waals surface area contributed by atoms with Crippen molar-refractivity contribution in [3.8, 4) is 0 Å². The fourth-order valence-electron chi connectivity index (χ4n) is 0.880. The molecular weight excluding hydrogens is 190 g/mol. The molecule has 84 valence electrons. The Morgan fingerprint density at radius 1 is 1.29 bits per heavy atom. The van der Waals surface area contributed by atoms with Crippen molar-refractivity contribution in [2.45, 2.75) is 45.4 Å². The van der Waals surface area contributed by atoms with Crippen LogP contribution in [0.1, 0.15) is 45.4 Å². The van der Waals surface area contributed by atoms with Crippen LogP contribution in [0.15, 0.2) is 0 Å². The Hall–Kier alpha value is -1.33. The smallest absolute Gasteiger partial charge is 0.303 e. The van der Waals surface area contributed by atoms with Gasteiger partial charge < -0.3 is 10.3 Å². The average Bonchev–Trinajstić information content (AvgIpc) is 2.02. The third-order valence-corrected chi connectivity index (χ3v) is 1.49. The van der Waals surface area contributed by atoms with E-state index in [-0.39, 0.29) is 0 Å². The van der Waals surface area contributed by atoms with E-state index in [0.717, 1.165) is 12.8 Å². The van der Waals surface area contributed by atoms with E-state index in [0.29, 0.717) is 6.42 Å². The number of unbranched alkanes of at least 4 members (excludes halogenated alkanes) is 4. The van der Waals surface area contributed by atoms with Crippen molar-refractivity contribution in [1.29, 1.82) is 0 Å². The second kappa shape index (κ2) is 11.7. The van der Waals surface area contributed by atoms with Gasteiger partial charge in [0.05, 0.1) is 0 Å². The largest absolute Gasteiger partial charge is 0.481 e. The van der Waals surface area contributed by atoms with Crippen LogP contribution in [0.2, 0.25) is 0 Å². The lowest BCUT2D eigenvalue weighted by Crippen LogP contribution is -1.93. The van der Waals surface area contributed by atoms with Crippen molar-refractivity contribution in [2.75, 3.05) is 0 Å². The molecule has 6 heteroatoms. The van der Waals surface area contributed by atoms with Crippen molar-refractivity contribution in [1.82, 2.24) is 0 Å². The Morgan fingerprint density at radius 3 is 2.07 bits per heavy atom. The minimum Gasteiger partial charge on any atom is -0.481 e. The molecule has 0 aliphatic carbocycles. The molecule has 0 radical (unpaired) electrons. The number of nitrogens with zero attached hydrogens (tertiary/aromatic N) is 1. The molecule has 0 heterocycles. The summed E-state index contributed by atoms with van der Waals surface area (Å²) in [6.45, 7) is 2.15. The molecule has 0 aromatic rings. The summed E-state index contributed by atoms with van der Waals surface area (Å²) < 4.78 is 0. The van der Waals surface area contributed by atoms with Gasteiger partial charge in [-0.3, -0.25) is 4.79 Å². The molecule has 0 amide bonds. The normalized spacial score (nSPS) is 8.64. The van der Waals surface area contributed by atoms with Gasteiger partial charge in [0.15, 0.2) is 0 Å². The van der Waals surface area contributed by atoms with E-state index < -0.39 is 11.1 Å². The first kappa shape index (κ1) is 15.2. The summed E-state index contributed by atoms with van der Waals surface area (Å²) in [4.78, 5) is 18.4. The molecule has 14 heavy (non-hydrogen) atoms.